The van der Waals surface area contributed by atoms with Crippen LogP contribution in [0.25, 0.3) is 141 Å². The van der Waals surface area contributed by atoms with Gasteiger partial charge in [0.05, 0.1) is 0 Å². The van der Waals surface area contributed by atoms with Gasteiger partial charge in [0, 0.05) is 0 Å². The average molecular weight is 937 g/mol. The molecule has 0 heteroatoms. The van der Waals surface area contributed by atoms with E-state index in [1.165, 1.54) is 164 Å². The van der Waals surface area contributed by atoms with E-state index in [0.29, 0.717) is 0 Å². The van der Waals surface area contributed by atoms with E-state index in [-0.39, 0.29) is 18.3 Å². The van der Waals surface area contributed by atoms with Gasteiger partial charge in [0.25, 0.3) is 0 Å². The number of rotatable bonds is 4. The molecule has 0 amide bonds. The number of fused-ring (bicyclic) bond motifs is 11. The molecule has 0 radical (unpaired) electrons. The van der Waals surface area contributed by atoms with E-state index >= 15 is 0 Å². The van der Waals surface area contributed by atoms with E-state index in [1.54, 1.807) is 0 Å². The maximum Gasteiger partial charge on any atom is -0.000697 e. The van der Waals surface area contributed by atoms with E-state index in [9.17, 15) is 0 Å². The summed E-state index contributed by atoms with van der Waals surface area (Å²) in [5.41, 5.74) is 15.6. The summed E-state index contributed by atoms with van der Waals surface area (Å²) in [5.74, 6) is 0. The minimum Gasteiger partial charge on any atom is -0.0776 e. The minimum absolute atomic E-state index is 0. The Balaban J connectivity index is 0.00000516. The minimum atomic E-state index is -0.00483. The second-order valence-electron chi connectivity index (χ2n) is 22.9. The normalized spacial score (nSPS) is 12.5. The smallest absolute Gasteiger partial charge is 0.000697 e. The lowest BCUT2D eigenvalue weighted by Gasteiger charge is -2.24. The van der Waals surface area contributed by atoms with Crippen molar-refractivity contribution in [2.75, 3.05) is 0 Å². The van der Waals surface area contributed by atoms with Crippen LogP contribution in [0, 0.1) is 13.8 Å². The Bertz CT molecular complexity index is 4530. The van der Waals surface area contributed by atoms with Gasteiger partial charge in [0.1, 0.15) is 0 Å². The Morgan fingerprint density at radius 3 is 1.52 bits per heavy atom. The molecule has 0 heterocycles. The highest BCUT2D eigenvalue weighted by molar-refractivity contribution is 6.46. The van der Waals surface area contributed by atoms with Crippen molar-refractivity contribution >= 4 is 97.0 Å². The van der Waals surface area contributed by atoms with Crippen molar-refractivity contribution in [1.82, 2.24) is 0 Å². The summed E-state index contributed by atoms with van der Waals surface area (Å²) in [6.45, 7) is 18.4. The first-order valence-electron chi connectivity index (χ1n) is 25.8. The molecule has 0 saturated carbocycles. The second-order valence-corrected chi connectivity index (χ2v) is 22.9. The molecule has 0 fully saturated rings. The average Bonchev–Trinajstić information content (AvgIpc) is 3.87. The van der Waals surface area contributed by atoms with Crippen molar-refractivity contribution in [2.45, 2.75) is 73.6 Å². The molecular weight excluding hydrogens is 877 g/mol. The van der Waals surface area contributed by atoms with Gasteiger partial charge < -0.3 is 0 Å². The molecule has 14 aromatic carbocycles. The molecular formula is C73H60. The van der Waals surface area contributed by atoms with Crippen LogP contribution in [0.1, 0.15) is 71.2 Å². The summed E-state index contributed by atoms with van der Waals surface area (Å²) < 4.78 is 0. The van der Waals surface area contributed by atoms with E-state index < -0.39 is 0 Å². The van der Waals surface area contributed by atoms with Crippen molar-refractivity contribution in [3.05, 3.63) is 216 Å². The Hall–Kier alpha value is -8.06. The van der Waals surface area contributed by atoms with E-state index in [4.69, 9.17) is 0 Å². The molecule has 0 aliphatic rings. The first-order chi connectivity index (χ1) is 34.8. The van der Waals surface area contributed by atoms with Crippen LogP contribution < -0.4 is 0 Å². The quantitative estimate of drug-likeness (QED) is 0.154. The van der Waals surface area contributed by atoms with Crippen LogP contribution in [0.2, 0.25) is 0 Å². The Morgan fingerprint density at radius 1 is 0.260 bits per heavy atom. The Labute approximate surface area is 429 Å². The predicted molar refractivity (Wildman–Crippen MR) is 322 cm³/mol. The zero-order valence-corrected chi connectivity index (χ0v) is 42.5. The molecule has 0 spiro atoms. The highest BCUT2D eigenvalue weighted by atomic mass is 14.3. The molecule has 0 bridgehead atoms. The van der Waals surface area contributed by atoms with Crippen LogP contribution in [0.5, 0.6) is 0 Å². The van der Waals surface area contributed by atoms with Crippen LogP contribution in [0.15, 0.2) is 194 Å². The topological polar surface area (TPSA) is 0 Å². The fraction of sp³-hybridized carbons (Fsp3) is 0.151. The zero-order chi connectivity index (χ0) is 48.9. The highest BCUT2D eigenvalue weighted by Gasteiger charge is 2.28. The van der Waals surface area contributed by atoms with E-state index in [2.05, 4.69) is 250 Å². The monoisotopic (exact) mass is 936 g/mol. The maximum atomic E-state index is 2.56. The molecule has 0 atom stereocenters. The van der Waals surface area contributed by atoms with Crippen LogP contribution >= 0.6 is 0 Å². The van der Waals surface area contributed by atoms with Gasteiger partial charge in [0.15, 0.2) is 0 Å². The lowest BCUT2D eigenvalue weighted by Crippen LogP contribution is -2.12. The number of hydrogen-bond acceptors (Lipinski definition) is 0. The molecule has 0 saturated heterocycles. The first kappa shape index (κ1) is 44.8. The molecule has 0 unspecified atom stereocenters. The number of hydrogen-bond donors (Lipinski definition) is 0. The van der Waals surface area contributed by atoms with Gasteiger partial charge in [-0.25, -0.2) is 0 Å². The molecule has 14 rings (SSSR count). The fourth-order valence-corrected chi connectivity index (χ4v) is 13.0. The molecule has 0 aliphatic heterocycles. The number of benzene rings is 12. The van der Waals surface area contributed by atoms with Gasteiger partial charge in [-0.2, -0.15) is 0 Å². The van der Waals surface area contributed by atoms with Crippen molar-refractivity contribution < 1.29 is 0 Å². The molecule has 73 heavy (non-hydrogen) atoms. The molecule has 0 aliphatic carbocycles. The predicted octanol–water partition coefficient (Wildman–Crippen LogP) is 21.5. The summed E-state index contributed by atoms with van der Waals surface area (Å²) in [6.07, 6.45) is 0. The molecule has 352 valence electrons. The molecule has 0 aromatic heterocycles. The molecule has 0 N–H and O–H groups in total. The molecule has 0 nitrogen and oxygen atoms in total. The third-order valence-electron chi connectivity index (χ3n) is 16.4. The zero-order valence-electron chi connectivity index (χ0n) is 42.5. The lowest BCUT2D eigenvalue weighted by atomic mass is 9.81. The maximum absolute atomic E-state index is 2.56. The lowest BCUT2D eigenvalue weighted by molar-refractivity contribution is 0.589. The number of aryl methyl sites for hydroxylation is 2. The summed E-state index contributed by atoms with van der Waals surface area (Å²) in [7, 11) is 0. The SMILES string of the molecule is C.Cc1cccc(C)c1-c1ccc2c(c1)c1cccc3c4c(-c5ccccc5)c5c6cc7cc(-c8cc(C(C)(C)C)cc9ccc(C(C)(C)C)cc89)ccc7c7cccc(c5c(-c5ccccc5)c4cc2c13)c76. The van der Waals surface area contributed by atoms with Crippen LogP contribution in [0.3, 0.4) is 0 Å². The van der Waals surface area contributed by atoms with Crippen LogP contribution in [0.4, 0.5) is 0 Å². The fourth-order valence-electron chi connectivity index (χ4n) is 13.0. The standard InChI is InChI=1S/C72H56.CH4/c1-41-18-15-19-42(2)63(41)47-30-33-52-59(36-47)54-25-17-26-55-66(54)60(52)40-62-64(43-20-11-9-12-21-43)69-56-27-16-24-53-51-32-29-45(58-39-50(72(6,7)8)35-46-28-31-49(38-57(46)58)71(3,4)5)34-48(51)37-61(67(53)56)70(69)65(68(55)62)44-22-13-10-14-23-44;/h9-40H,1-8H3;1H4. The van der Waals surface area contributed by atoms with Gasteiger partial charge >= 0.3 is 0 Å². The summed E-state index contributed by atoms with van der Waals surface area (Å²) >= 11 is 0. The van der Waals surface area contributed by atoms with Gasteiger partial charge in [-0.1, -0.05) is 213 Å². The summed E-state index contributed by atoms with van der Waals surface area (Å²) in [6, 6.07) is 74.9. The van der Waals surface area contributed by atoms with Gasteiger partial charge in [-0.05, 0) is 219 Å². The third kappa shape index (κ3) is 6.59. The molecule has 14 aromatic rings. The van der Waals surface area contributed by atoms with E-state index in [1.807, 2.05) is 0 Å². The van der Waals surface area contributed by atoms with Crippen molar-refractivity contribution in [3.63, 3.8) is 0 Å². The second kappa shape index (κ2) is 16.0. The van der Waals surface area contributed by atoms with Crippen LogP contribution in [-0.2, 0) is 10.8 Å². The summed E-state index contributed by atoms with van der Waals surface area (Å²) in [4.78, 5) is 0. The first-order valence-corrected chi connectivity index (χ1v) is 25.8. The Morgan fingerprint density at radius 2 is 0.836 bits per heavy atom. The van der Waals surface area contributed by atoms with Gasteiger partial charge in [-0.15, -0.1) is 0 Å². The van der Waals surface area contributed by atoms with Crippen LogP contribution in [-0.4, -0.2) is 0 Å². The van der Waals surface area contributed by atoms with Crippen molar-refractivity contribution in [3.8, 4) is 44.5 Å². The Kier molecular flexibility index (Phi) is 9.81. The summed E-state index contributed by atoms with van der Waals surface area (Å²) in [5, 5.41) is 23.6. The third-order valence-corrected chi connectivity index (χ3v) is 16.4. The highest BCUT2D eigenvalue weighted by Crippen LogP contribution is 2.56. The largest absolute Gasteiger partial charge is 0.0776 e. The van der Waals surface area contributed by atoms with Gasteiger partial charge in [0.2, 0.25) is 0 Å². The van der Waals surface area contributed by atoms with Gasteiger partial charge in [-0.3, -0.25) is 0 Å². The van der Waals surface area contributed by atoms with Crippen molar-refractivity contribution in [1.29, 1.82) is 0 Å². The van der Waals surface area contributed by atoms with Crippen molar-refractivity contribution in [2.24, 2.45) is 0 Å². The van der Waals surface area contributed by atoms with E-state index in [0.717, 1.165) is 0 Å².